The van der Waals surface area contributed by atoms with E-state index in [1.165, 1.54) is 0 Å². The van der Waals surface area contributed by atoms with Crippen LogP contribution in [0.15, 0.2) is 30.5 Å². The molecule has 1 aromatic heterocycles. The van der Waals surface area contributed by atoms with Crippen LogP contribution in [0.4, 0.5) is 0 Å². The lowest BCUT2D eigenvalue weighted by Gasteiger charge is -2.07. The first-order chi connectivity index (χ1) is 10.1. The number of nitrogens with zero attached hydrogens (tertiary/aromatic N) is 2. The normalized spacial score (nSPS) is 10.6. The number of nitrogens with one attached hydrogen (secondary N) is 1. The van der Waals surface area contributed by atoms with E-state index >= 15 is 0 Å². The van der Waals surface area contributed by atoms with Gasteiger partial charge in [0.2, 0.25) is 0 Å². The summed E-state index contributed by atoms with van der Waals surface area (Å²) < 4.78 is 6.65. The molecule has 0 saturated heterocycles. The van der Waals surface area contributed by atoms with Crippen molar-refractivity contribution in [1.29, 1.82) is 0 Å². The zero-order valence-electron chi connectivity index (χ0n) is 12.1. The average Bonchev–Trinajstić information content (AvgIpc) is 2.85. The minimum Gasteiger partial charge on any atom is -0.385 e. The Kier molecular flexibility index (Phi) is 5.36. The van der Waals surface area contributed by atoms with E-state index in [4.69, 9.17) is 16.3 Å². The van der Waals surface area contributed by atoms with Crippen LogP contribution in [0.2, 0.25) is 5.02 Å². The predicted octanol–water partition coefficient (Wildman–Crippen LogP) is 2.60. The molecule has 1 N–H and O–H groups in total. The Hall–Kier alpha value is -1.85. The highest BCUT2D eigenvalue weighted by molar-refractivity contribution is 6.30. The molecule has 1 heterocycles. The van der Waals surface area contributed by atoms with Crippen molar-refractivity contribution >= 4 is 17.5 Å². The zero-order chi connectivity index (χ0) is 15.2. The minimum atomic E-state index is -0.128. The fourth-order valence-electron chi connectivity index (χ4n) is 2.01. The number of carbonyl (C=O) groups is 1. The molecule has 0 bridgehead atoms. The fourth-order valence-corrected chi connectivity index (χ4v) is 2.20. The highest BCUT2D eigenvalue weighted by Crippen LogP contribution is 2.17. The summed E-state index contributed by atoms with van der Waals surface area (Å²) in [5.74, 6) is -0.128. The molecule has 6 heteroatoms. The standard InChI is InChI=1S/C15H18ClN3O2/c1-11-14(15(20)17-7-4-8-21-2)10-18-19(11)13-6-3-5-12(16)9-13/h3,5-6,9-10H,4,7-8H2,1-2H3,(H,17,20). The molecule has 1 amide bonds. The molecule has 112 valence electrons. The summed E-state index contributed by atoms with van der Waals surface area (Å²) in [4.78, 5) is 12.1. The fraction of sp³-hybridized carbons (Fsp3) is 0.333. The summed E-state index contributed by atoms with van der Waals surface area (Å²) in [5, 5.41) is 7.75. The lowest BCUT2D eigenvalue weighted by Crippen LogP contribution is -2.25. The molecule has 5 nitrogen and oxygen atoms in total. The second-order valence-corrected chi connectivity index (χ2v) is 5.07. The number of aromatic nitrogens is 2. The van der Waals surface area contributed by atoms with E-state index in [0.717, 1.165) is 17.8 Å². The molecule has 2 aromatic rings. The van der Waals surface area contributed by atoms with Gasteiger partial charge in [-0.2, -0.15) is 5.10 Å². The number of methoxy groups -OCH3 is 1. The summed E-state index contributed by atoms with van der Waals surface area (Å²) in [6.45, 7) is 3.06. The Bertz CT molecular complexity index is 625. The topological polar surface area (TPSA) is 56.1 Å². The van der Waals surface area contributed by atoms with Crippen LogP contribution >= 0.6 is 11.6 Å². The predicted molar refractivity (Wildman–Crippen MR) is 82.1 cm³/mol. The van der Waals surface area contributed by atoms with Gasteiger partial charge in [0.15, 0.2) is 0 Å². The number of ether oxygens (including phenoxy) is 1. The smallest absolute Gasteiger partial charge is 0.254 e. The van der Waals surface area contributed by atoms with Crippen LogP contribution in [0.3, 0.4) is 0 Å². The molecule has 0 saturated carbocycles. The summed E-state index contributed by atoms with van der Waals surface area (Å²) in [6, 6.07) is 7.35. The zero-order valence-corrected chi connectivity index (χ0v) is 12.9. The minimum absolute atomic E-state index is 0.128. The number of benzene rings is 1. The molecular formula is C15H18ClN3O2. The first kappa shape index (κ1) is 15.5. The summed E-state index contributed by atoms with van der Waals surface area (Å²) in [5.41, 5.74) is 2.17. The van der Waals surface area contributed by atoms with Crippen LogP contribution in [-0.2, 0) is 4.74 Å². The van der Waals surface area contributed by atoms with Crippen molar-refractivity contribution in [2.45, 2.75) is 13.3 Å². The second kappa shape index (κ2) is 7.24. The van der Waals surface area contributed by atoms with Gasteiger partial charge in [0.05, 0.1) is 23.1 Å². The van der Waals surface area contributed by atoms with Crippen molar-refractivity contribution in [2.75, 3.05) is 20.3 Å². The Morgan fingerprint density at radius 3 is 3.00 bits per heavy atom. The van der Waals surface area contributed by atoms with Crippen LogP contribution in [0, 0.1) is 6.92 Å². The number of hydrogen-bond donors (Lipinski definition) is 1. The monoisotopic (exact) mass is 307 g/mol. The first-order valence-electron chi connectivity index (χ1n) is 6.71. The number of carbonyl (C=O) groups excluding carboxylic acids is 1. The molecule has 21 heavy (non-hydrogen) atoms. The van der Waals surface area contributed by atoms with Crippen molar-refractivity contribution < 1.29 is 9.53 Å². The highest BCUT2D eigenvalue weighted by atomic mass is 35.5. The molecule has 0 aliphatic rings. The molecule has 1 aromatic carbocycles. The largest absolute Gasteiger partial charge is 0.385 e. The van der Waals surface area contributed by atoms with Crippen molar-refractivity contribution in [1.82, 2.24) is 15.1 Å². The van der Waals surface area contributed by atoms with Gasteiger partial charge in [0, 0.05) is 25.3 Å². The second-order valence-electron chi connectivity index (χ2n) is 4.64. The van der Waals surface area contributed by atoms with Gasteiger partial charge in [-0.25, -0.2) is 4.68 Å². The van der Waals surface area contributed by atoms with Gasteiger partial charge >= 0.3 is 0 Å². The molecule has 0 radical (unpaired) electrons. The van der Waals surface area contributed by atoms with Crippen molar-refractivity contribution in [3.8, 4) is 5.69 Å². The molecule has 0 fully saturated rings. The maximum Gasteiger partial charge on any atom is 0.254 e. The van der Waals surface area contributed by atoms with Gasteiger partial charge in [-0.1, -0.05) is 17.7 Å². The molecule has 0 atom stereocenters. The van der Waals surface area contributed by atoms with Crippen LogP contribution in [-0.4, -0.2) is 35.9 Å². The first-order valence-corrected chi connectivity index (χ1v) is 7.09. The summed E-state index contributed by atoms with van der Waals surface area (Å²) >= 11 is 5.98. The van der Waals surface area contributed by atoms with E-state index in [2.05, 4.69) is 10.4 Å². The molecule has 0 aliphatic carbocycles. The third-order valence-corrected chi connectivity index (χ3v) is 3.35. The van der Waals surface area contributed by atoms with Gasteiger partial charge in [-0.15, -0.1) is 0 Å². The Balaban J connectivity index is 2.11. The van der Waals surface area contributed by atoms with E-state index in [-0.39, 0.29) is 5.91 Å². The Morgan fingerprint density at radius 1 is 1.48 bits per heavy atom. The molecule has 0 unspecified atom stereocenters. The SMILES string of the molecule is COCCCNC(=O)c1cnn(-c2cccc(Cl)c2)c1C. The van der Waals surface area contributed by atoms with E-state index in [0.29, 0.717) is 23.7 Å². The van der Waals surface area contributed by atoms with E-state index in [9.17, 15) is 4.79 Å². The number of rotatable bonds is 6. The molecule has 0 aliphatic heterocycles. The van der Waals surface area contributed by atoms with Gasteiger partial charge < -0.3 is 10.1 Å². The third kappa shape index (κ3) is 3.83. The Morgan fingerprint density at radius 2 is 2.29 bits per heavy atom. The summed E-state index contributed by atoms with van der Waals surface area (Å²) in [7, 11) is 1.64. The molecule has 2 rings (SSSR count). The number of halogens is 1. The highest BCUT2D eigenvalue weighted by Gasteiger charge is 2.14. The van der Waals surface area contributed by atoms with E-state index in [1.807, 2.05) is 25.1 Å². The quantitative estimate of drug-likeness (QED) is 0.835. The van der Waals surface area contributed by atoms with Crippen LogP contribution in [0.1, 0.15) is 22.5 Å². The lowest BCUT2D eigenvalue weighted by atomic mass is 10.2. The van der Waals surface area contributed by atoms with Crippen LogP contribution in [0.25, 0.3) is 5.69 Å². The molecule has 0 spiro atoms. The van der Waals surface area contributed by atoms with Crippen molar-refractivity contribution in [3.63, 3.8) is 0 Å². The van der Waals surface area contributed by atoms with Gasteiger partial charge in [0.1, 0.15) is 0 Å². The van der Waals surface area contributed by atoms with Crippen molar-refractivity contribution in [3.05, 3.63) is 46.7 Å². The maximum absolute atomic E-state index is 12.1. The van der Waals surface area contributed by atoms with Crippen LogP contribution < -0.4 is 5.32 Å². The molecular weight excluding hydrogens is 290 g/mol. The van der Waals surface area contributed by atoms with E-state index in [1.54, 1.807) is 24.1 Å². The van der Waals surface area contributed by atoms with Gasteiger partial charge in [-0.3, -0.25) is 4.79 Å². The maximum atomic E-state index is 12.1. The number of amides is 1. The van der Waals surface area contributed by atoms with Gasteiger partial charge in [-0.05, 0) is 31.5 Å². The summed E-state index contributed by atoms with van der Waals surface area (Å²) in [6.07, 6.45) is 2.35. The van der Waals surface area contributed by atoms with E-state index < -0.39 is 0 Å². The van der Waals surface area contributed by atoms with Gasteiger partial charge in [0.25, 0.3) is 5.91 Å². The average molecular weight is 308 g/mol. The third-order valence-electron chi connectivity index (χ3n) is 3.12. The van der Waals surface area contributed by atoms with Crippen molar-refractivity contribution in [2.24, 2.45) is 0 Å². The number of hydrogen-bond acceptors (Lipinski definition) is 3. The van der Waals surface area contributed by atoms with Crippen LogP contribution in [0.5, 0.6) is 0 Å². The lowest BCUT2D eigenvalue weighted by molar-refractivity contribution is 0.0948. The Labute approximate surface area is 128 Å².